The molecule has 0 spiro atoms. The highest BCUT2D eigenvalue weighted by Crippen LogP contribution is 2.50. The minimum absolute atomic E-state index is 0.240. The molecule has 3 rings (SSSR count). The van der Waals surface area contributed by atoms with E-state index in [2.05, 4.69) is 5.32 Å². The molecular weight excluding hydrogens is 202 g/mol. The number of nitrogens with zero attached hydrogens (tertiary/aromatic N) is 1. The zero-order valence-corrected chi connectivity index (χ0v) is 8.38. The molecule has 3 aliphatic rings. The predicted molar refractivity (Wildman–Crippen MR) is 49.5 cm³/mol. The number of amides is 1. The van der Waals surface area contributed by atoms with E-state index < -0.39 is 11.8 Å². The molecule has 1 amide bonds. The summed E-state index contributed by atoms with van der Waals surface area (Å²) in [5, 5.41) is 3.26. The lowest BCUT2D eigenvalue weighted by Gasteiger charge is -2.17. The summed E-state index contributed by atoms with van der Waals surface area (Å²) in [6, 6.07) is 0. The van der Waals surface area contributed by atoms with Crippen LogP contribution in [0.3, 0.4) is 0 Å². The molecule has 2 heterocycles. The molecule has 5 heteroatoms. The first-order valence-corrected chi connectivity index (χ1v) is 5.45. The molecule has 3 atom stereocenters. The van der Waals surface area contributed by atoms with E-state index in [0.29, 0.717) is 24.9 Å². The van der Waals surface area contributed by atoms with Crippen LogP contribution in [0.1, 0.15) is 6.42 Å². The molecule has 84 valence electrons. The van der Waals surface area contributed by atoms with E-state index in [9.17, 15) is 13.6 Å². The smallest absolute Gasteiger partial charge is 0.260 e. The molecule has 1 N–H and O–H groups in total. The number of likely N-dealkylation sites (tertiary alicyclic amines) is 1. The first kappa shape index (κ1) is 9.51. The van der Waals surface area contributed by atoms with Crippen LogP contribution in [0.15, 0.2) is 0 Å². The highest BCUT2D eigenvalue weighted by molar-refractivity contribution is 5.83. The van der Waals surface area contributed by atoms with Crippen molar-refractivity contribution < 1.29 is 13.6 Å². The fourth-order valence-corrected chi connectivity index (χ4v) is 2.74. The van der Waals surface area contributed by atoms with Gasteiger partial charge >= 0.3 is 0 Å². The van der Waals surface area contributed by atoms with Crippen molar-refractivity contribution in [3.63, 3.8) is 0 Å². The third-order valence-electron chi connectivity index (χ3n) is 3.83. The van der Waals surface area contributed by atoms with E-state index >= 15 is 0 Å². The number of fused-ring (bicyclic) bond motifs is 1. The van der Waals surface area contributed by atoms with Crippen molar-refractivity contribution in [3.8, 4) is 0 Å². The van der Waals surface area contributed by atoms with Gasteiger partial charge in [-0.15, -0.1) is 0 Å². The van der Waals surface area contributed by atoms with Crippen LogP contribution in [-0.2, 0) is 4.79 Å². The van der Waals surface area contributed by atoms with Gasteiger partial charge in [-0.2, -0.15) is 0 Å². The van der Waals surface area contributed by atoms with Gasteiger partial charge in [0.05, 0.1) is 0 Å². The van der Waals surface area contributed by atoms with Gasteiger partial charge in [0.2, 0.25) is 5.91 Å². The Labute approximate surface area is 86.8 Å². The van der Waals surface area contributed by atoms with Gasteiger partial charge in [0.15, 0.2) is 0 Å². The van der Waals surface area contributed by atoms with Crippen LogP contribution in [0.25, 0.3) is 0 Å². The molecule has 0 aromatic heterocycles. The molecule has 3 nitrogen and oxygen atoms in total. The molecule has 0 aromatic rings. The lowest BCUT2D eigenvalue weighted by Crippen LogP contribution is -2.34. The summed E-state index contributed by atoms with van der Waals surface area (Å²) >= 11 is 0. The monoisotopic (exact) mass is 216 g/mol. The van der Waals surface area contributed by atoms with Crippen molar-refractivity contribution in [2.45, 2.75) is 12.3 Å². The van der Waals surface area contributed by atoms with Gasteiger partial charge in [0.25, 0.3) is 5.92 Å². The predicted octanol–water partition coefficient (Wildman–Crippen LogP) is 0.319. The van der Waals surface area contributed by atoms with Crippen molar-refractivity contribution in [1.29, 1.82) is 0 Å². The Balaban J connectivity index is 1.63. The van der Waals surface area contributed by atoms with Gasteiger partial charge in [-0.3, -0.25) is 4.79 Å². The van der Waals surface area contributed by atoms with Crippen LogP contribution < -0.4 is 5.32 Å². The van der Waals surface area contributed by atoms with Crippen molar-refractivity contribution in [1.82, 2.24) is 10.2 Å². The second kappa shape index (κ2) is 2.90. The lowest BCUT2D eigenvalue weighted by atomic mass is 10.0. The first-order valence-electron chi connectivity index (χ1n) is 5.45. The molecule has 1 aliphatic carbocycles. The maximum absolute atomic E-state index is 12.7. The van der Waals surface area contributed by atoms with E-state index in [0.717, 1.165) is 13.1 Å². The summed E-state index contributed by atoms with van der Waals surface area (Å²) in [4.78, 5) is 13.3. The number of carbonyl (C=O) groups excluding carboxylic acids is 1. The summed E-state index contributed by atoms with van der Waals surface area (Å²) in [5.74, 6) is -3.08. The van der Waals surface area contributed by atoms with Gasteiger partial charge in [0.1, 0.15) is 5.92 Å². The maximum Gasteiger partial charge on any atom is 0.260 e. The number of hydrogen-bond acceptors (Lipinski definition) is 2. The van der Waals surface area contributed by atoms with E-state index in [1.807, 2.05) is 0 Å². The lowest BCUT2D eigenvalue weighted by molar-refractivity contribution is -0.134. The Morgan fingerprint density at radius 3 is 2.27 bits per heavy atom. The zero-order chi connectivity index (χ0) is 10.6. The van der Waals surface area contributed by atoms with Crippen molar-refractivity contribution >= 4 is 5.91 Å². The third kappa shape index (κ3) is 1.44. The number of halogens is 2. The fraction of sp³-hybridized carbons (Fsp3) is 0.900. The molecule has 2 aliphatic heterocycles. The largest absolute Gasteiger partial charge is 0.342 e. The number of rotatable bonds is 1. The van der Waals surface area contributed by atoms with E-state index in [1.165, 1.54) is 0 Å². The second-order valence-electron chi connectivity index (χ2n) is 4.94. The molecular formula is C10H14F2N2O. The number of alkyl halides is 2. The maximum atomic E-state index is 12.7. The van der Waals surface area contributed by atoms with Gasteiger partial charge in [0, 0.05) is 32.6 Å². The van der Waals surface area contributed by atoms with Crippen LogP contribution in [0.5, 0.6) is 0 Å². The van der Waals surface area contributed by atoms with Crippen molar-refractivity contribution in [2.24, 2.45) is 17.8 Å². The number of nitrogens with one attached hydrogen (secondary N) is 1. The van der Waals surface area contributed by atoms with Crippen LogP contribution in [-0.4, -0.2) is 42.9 Å². The molecule has 0 aromatic carbocycles. The van der Waals surface area contributed by atoms with E-state index in [1.54, 1.807) is 4.90 Å². The number of hydrogen-bond donors (Lipinski definition) is 1. The summed E-state index contributed by atoms with van der Waals surface area (Å²) in [6.45, 7) is 3.19. The minimum Gasteiger partial charge on any atom is -0.342 e. The molecule has 0 bridgehead atoms. The topological polar surface area (TPSA) is 32.3 Å². The van der Waals surface area contributed by atoms with Gasteiger partial charge in [-0.25, -0.2) is 8.78 Å². The van der Waals surface area contributed by atoms with Gasteiger partial charge in [-0.1, -0.05) is 0 Å². The average molecular weight is 216 g/mol. The first-order chi connectivity index (χ1) is 7.08. The Morgan fingerprint density at radius 2 is 1.80 bits per heavy atom. The average Bonchev–Trinajstić information content (AvgIpc) is 2.55. The van der Waals surface area contributed by atoms with Crippen LogP contribution in [0, 0.1) is 17.8 Å². The fourth-order valence-electron chi connectivity index (χ4n) is 2.74. The van der Waals surface area contributed by atoms with E-state index in [4.69, 9.17) is 0 Å². The molecule has 1 saturated carbocycles. The van der Waals surface area contributed by atoms with Crippen molar-refractivity contribution in [3.05, 3.63) is 0 Å². The van der Waals surface area contributed by atoms with Crippen molar-refractivity contribution in [2.75, 3.05) is 26.2 Å². The van der Waals surface area contributed by atoms with E-state index in [-0.39, 0.29) is 12.3 Å². The molecule has 2 saturated heterocycles. The molecule has 15 heavy (non-hydrogen) atoms. The summed E-state index contributed by atoms with van der Waals surface area (Å²) < 4.78 is 25.5. The van der Waals surface area contributed by atoms with Gasteiger partial charge in [-0.05, 0) is 11.8 Å². The summed E-state index contributed by atoms with van der Waals surface area (Å²) in [6.07, 6.45) is -0.240. The Morgan fingerprint density at radius 1 is 1.27 bits per heavy atom. The molecule has 3 unspecified atom stereocenters. The van der Waals surface area contributed by atoms with Crippen LogP contribution in [0.4, 0.5) is 8.78 Å². The summed E-state index contributed by atoms with van der Waals surface area (Å²) in [5.41, 5.74) is 0. The Hall–Kier alpha value is -0.710. The Bertz CT molecular complexity index is 296. The SMILES string of the molecule is O=C(C1CC1(F)F)N1CC2CNCC2C1. The minimum atomic E-state index is -2.72. The summed E-state index contributed by atoms with van der Waals surface area (Å²) in [7, 11) is 0. The highest BCUT2D eigenvalue weighted by atomic mass is 19.3. The van der Waals surface area contributed by atoms with Gasteiger partial charge < -0.3 is 10.2 Å². The zero-order valence-electron chi connectivity index (χ0n) is 8.38. The highest BCUT2D eigenvalue weighted by Gasteiger charge is 2.62. The standard InChI is InChI=1S/C10H14F2N2O/c11-10(12)1-8(10)9(15)14-4-6-2-13-3-7(6)5-14/h6-8,13H,1-5H2. The number of carbonyl (C=O) groups is 1. The quantitative estimate of drug-likeness (QED) is 0.684. The second-order valence-corrected chi connectivity index (χ2v) is 4.94. The normalized spacial score (nSPS) is 41.7. The third-order valence-corrected chi connectivity index (χ3v) is 3.83. The van der Waals surface area contributed by atoms with Crippen LogP contribution >= 0.6 is 0 Å². The molecule has 3 fully saturated rings. The van der Waals surface area contributed by atoms with Crippen LogP contribution in [0.2, 0.25) is 0 Å². The Kier molecular flexibility index (Phi) is 1.84. The molecule has 0 radical (unpaired) electrons.